The Kier molecular flexibility index (Phi) is 1.61. The molecular formula is C9H10N4S. The Labute approximate surface area is 85.4 Å². The molecule has 1 aliphatic carbocycles. The van der Waals surface area contributed by atoms with Crippen molar-refractivity contribution < 1.29 is 0 Å². The minimum absolute atomic E-state index is 0.539. The molecule has 1 fully saturated rings. The van der Waals surface area contributed by atoms with Gasteiger partial charge >= 0.3 is 0 Å². The average molecular weight is 206 g/mol. The number of rotatable bonds is 2. The van der Waals surface area contributed by atoms with Gasteiger partial charge in [-0.3, -0.25) is 4.98 Å². The fourth-order valence-electron chi connectivity index (χ4n) is 1.52. The Hall–Kier alpha value is -1.36. The zero-order chi connectivity index (χ0) is 9.54. The van der Waals surface area contributed by atoms with Crippen LogP contribution in [0.15, 0.2) is 17.9 Å². The summed E-state index contributed by atoms with van der Waals surface area (Å²) in [6.07, 6.45) is 6.07. The normalized spacial score (nSPS) is 16.0. The number of nitrogens with zero attached hydrogens (tertiary/aromatic N) is 3. The molecule has 0 amide bonds. The smallest absolute Gasteiger partial charge is 0.130 e. The third-order valence-corrected chi connectivity index (χ3v) is 3.23. The van der Waals surface area contributed by atoms with Gasteiger partial charge in [0.05, 0.1) is 28.2 Å². The van der Waals surface area contributed by atoms with Crippen LogP contribution < -0.4 is 5.73 Å². The van der Waals surface area contributed by atoms with Gasteiger partial charge in [-0.2, -0.15) is 5.10 Å². The van der Waals surface area contributed by atoms with Crippen LogP contribution in [0.1, 0.15) is 18.9 Å². The summed E-state index contributed by atoms with van der Waals surface area (Å²) >= 11 is 1.59. The van der Waals surface area contributed by atoms with Crippen molar-refractivity contribution in [2.45, 2.75) is 18.9 Å². The minimum Gasteiger partial charge on any atom is -0.383 e. The highest BCUT2D eigenvalue weighted by Gasteiger charge is 2.27. The molecule has 0 bridgehead atoms. The van der Waals surface area contributed by atoms with Crippen molar-refractivity contribution in [2.75, 3.05) is 5.73 Å². The molecule has 3 rings (SSSR count). The number of nitrogen functional groups attached to an aromatic ring is 1. The molecule has 4 nitrogen and oxygen atoms in total. The molecule has 2 aromatic rings. The molecule has 0 aliphatic heterocycles. The molecule has 1 aliphatic rings. The van der Waals surface area contributed by atoms with Crippen LogP contribution in [0, 0.1) is 0 Å². The van der Waals surface area contributed by atoms with E-state index in [1.165, 1.54) is 12.8 Å². The molecule has 0 radical (unpaired) electrons. The summed E-state index contributed by atoms with van der Waals surface area (Å²) < 4.78 is 1.93. The van der Waals surface area contributed by atoms with Crippen molar-refractivity contribution in [3.63, 3.8) is 0 Å². The third kappa shape index (κ3) is 1.13. The first kappa shape index (κ1) is 7.99. The molecule has 0 spiro atoms. The van der Waals surface area contributed by atoms with Crippen molar-refractivity contribution in [1.82, 2.24) is 14.8 Å². The fourth-order valence-corrected chi connectivity index (χ4v) is 2.16. The summed E-state index contributed by atoms with van der Waals surface area (Å²) in [7, 11) is 0. The zero-order valence-electron chi connectivity index (χ0n) is 7.55. The first-order chi connectivity index (χ1) is 6.86. The second-order valence-corrected chi connectivity index (χ2v) is 4.37. The number of hydrogen-bond donors (Lipinski definition) is 1. The largest absolute Gasteiger partial charge is 0.383 e. The molecule has 0 aromatic carbocycles. The van der Waals surface area contributed by atoms with Crippen molar-refractivity contribution in [1.29, 1.82) is 0 Å². The molecular weight excluding hydrogens is 196 g/mol. The molecule has 5 heteroatoms. The molecule has 2 heterocycles. The van der Waals surface area contributed by atoms with E-state index in [0.717, 1.165) is 16.3 Å². The highest BCUT2D eigenvalue weighted by Crippen LogP contribution is 2.39. The average Bonchev–Trinajstić information content (AvgIpc) is 2.76. The van der Waals surface area contributed by atoms with Gasteiger partial charge in [0, 0.05) is 6.20 Å². The third-order valence-electron chi connectivity index (χ3n) is 2.42. The minimum atomic E-state index is 0.539. The van der Waals surface area contributed by atoms with Crippen LogP contribution in [0.25, 0.3) is 10.4 Å². The van der Waals surface area contributed by atoms with Crippen LogP contribution >= 0.6 is 11.3 Å². The van der Waals surface area contributed by atoms with Gasteiger partial charge in [-0.05, 0) is 12.8 Å². The number of thiazole rings is 1. The van der Waals surface area contributed by atoms with Gasteiger partial charge in [0.15, 0.2) is 0 Å². The van der Waals surface area contributed by atoms with Gasteiger partial charge in [0.1, 0.15) is 5.82 Å². The summed E-state index contributed by atoms with van der Waals surface area (Å²) in [5, 5.41) is 4.30. The van der Waals surface area contributed by atoms with Gasteiger partial charge in [-0.25, -0.2) is 4.68 Å². The van der Waals surface area contributed by atoms with Crippen LogP contribution in [-0.2, 0) is 0 Å². The molecule has 1 saturated carbocycles. The molecule has 0 atom stereocenters. The van der Waals surface area contributed by atoms with Crippen molar-refractivity contribution in [3.05, 3.63) is 17.9 Å². The van der Waals surface area contributed by atoms with E-state index < -0.39 is 0 Å². The summed E-state index contributed by atoms with van der Waals surface area (Å²) in [6, 6.07) is 0.539. The Bertz CT molecular complexity index is 441. The van der Waals surface area contributed by atoms with Gasteiger partial charge in [-0.1, -0.05) is 0 Å². The van der Waals surface area contributed by atoms with E-state index in [1.807, 2.05) is 22.6 Å². The standard InChI is InChI=1S/C9H10N4S/c10-9-7(8-4-11-5-14-8)3-12-13(9)6-1-2-6/h3-6H,1-2,10H2. The maximum absolute atomic E-state index is 6.01. The van der Waals surface area contributed by atoms with Crippen LogP contribution in [0.5, 0.6) is 0 Å². The van der Waals surface area contributed by atoms with Crippen LogP contribution in [0.2, 0.25) is 0 Å². The van der Waals surface area contributed by atoms with Crippen LogP contribution in [0.4, 0.5) is 5.82 Å². The van der Waals surface area contributed by atoms with Crippen LogP contribution in [-0.4, -0.2) is 14.8 Å². The lowest BCUT2D eigenvalue weighted by atomic mass is 10.3. The number of aromatic nitrogens is 3. The van der Waals surface area contributed by atoms with E-state index in [9.17, 15) is 0 Å². The Morgan fingerprint density at radius 1 is 1.43 bits per heavy atom. The van der Waals surface area contributed by atoms with E-state index in [0.29, 0.717) is 6.04 Å². The quantitative estimate of drug-likeness (QED) is 0.816. The Morgan fingerprint density at radius 2 is 2.29 bits per heavy atom. The van der Waals surface area contributed by atoms with Crippen molar-refractivity contribution >= 4 is 17.2 Å². The maximum atomic E-state index is 6.01. The van der Waals surface area contributed by atoms with E-state index in [1.54, 1.807) is 11.3 Å². The van der Waals surface area contributed by atoms with E-state index >= 15 is 0 Å². The predicted molar refractivity (Wildman–Crippen MR) is 56.0 cm³/mol. The molecule has 0 unspecified atom stereocenters. The number of hydrogen-bond acceptors (Lipinski definition) is 4. The Morgan fingerprint density at radius 3 is 2.93 bits per heavy atom. The first-order valence-corrected chi connectivity index (χ1v) is 5.46. The van der Waals surface area contributed by atoms with Crippen molar-refractivity contribution in [2.24, 2.45) is 0 Å². The lowest BCUT2D eigenvalue weighted by molar-refractivity contribution is 0.651. The van der Waals surface area contributed by atoms with Gasteiger partial charge < -0.3 is 5.73 Å². The number of nitrogens with two attached hydrogens (primary N) is 1. The van der Waals surface area contributed by atoms with Gasteiger partial charge in [0.2, 0.25) is 0 Å². The van der Waals surface area contributed by atoms with Gasteiger partial charge in [-0.15, -0.1) is 11.3 Å². The van der Waals surface area contributed by atoms with Crippen LogP contribution in [0.3, 0.4) is 0 Å². The lowest BCUT2D eigenvalue weighted by Crippen LogP contribution is -2.01. The maximum Gasteiger partial charge on any atom is 0.130 e. The summed E-state index contributed by atoms with van der Waals surface area (Å²) in [4.78, 5) is 5.13. The van der Waals surface area contributed by atoms with Gasteiger partial charge in [0.25, 0.3) is 0 Å². The SMILES string of the molecule is Nc1c(-c2cncs2)cnn1C1CC1. The van der Waals surface area contributed by atoms with Crippen molar-refractivity contribution in [3.8, 4) is 10.4 Å². The molecule has 0 saturated heterocycles. The Balaban J connectivity index is 2.06. The highest BCUT2D eigenvalue weighted by molar-refractivity contribution is 7.13. The van der Waals surface area contributed by atoms with E-state index in [2.05, 4.69) is 10.1 Å². The first-order valence-electron chi connectivity index (χ1n) is 4.58. The van der Waals surface area contributed by atoms with E-state index in [4.69, 9.17) is 5.73 Å². The monoisotopic (exact) mass is 206 g/mol. The number of anilines is 1. The zero-order valence-corrected chi connectivity index (χ0v) is 8.37. The topological polar surface area (TPSA) is 56.7 Å². The molecule has 14 heavy (non-hydrogen) atoms. The summed E-state index contributed by atoms with van der Waals surface area (Å²) in [6.45, 7) is 0. The molecule has 2 N–H and O–H groups in total. The highest BCUT2D eigenvalue weighted by atomic mass is 32.1. The predicted octanol–water partition coefficient (Wildman–Crippen LogP) is 1.92. The lowest BCUT2D eigenvalue weighted by Gasteiger charge is -2.00. The summed E-state index contributed by atoms with van der Waals surface area (Å²) in [5.41, 5.74) is 8.84. The summed E-state index contributed by atoms with van der Waals surface area (Å²) in [5.74, 6) is 0.775. The molecule has 2 aromatic heterocycles. The fraction of sp³-hybridized carbons (Fsp3) is 0.333. The second-order valence-electron chi connectivity index (χ2n) is 3.48. The second kappa shape index (κ2) is 2.81. The van der Waals surface area contributed by atoms with E-state index in [-0.39, 0.29) is 0 Å². The molecule has 72 valence electrons.